The van der Waals surface area contributed by atoms with Crippen molar-refractivity contribution < 1.29 is 14.6 Å². The summed E-state index contributed by atoms with van der Waals surface area (Å²) < 4.78 is 7.36. The average Bonchev–Trinajstić information content (AvgIpc) is 3.19. The molecule has 6 nitrogen and oxygen atoms in total. The van der Waals surface area contributed by atoms with E-state index in [1.807, 2.05) is 26.0 Å². The zero-order valence-corrected chi connectivity index (χ0v) is 12.4. The molecular formula is C15H16BN3O3. The zero-order chi connectivity index (χ0) is 15.4. The molecule has 2 N–H and O–H groups in total. The molecule has 1 saturated carbocycles. The van der Waals surface area contributed by atoms with Crippen LogP contribution in [0.15, 0.2) is 22.7 Å². The second-order valence-corrected chi connectivity index (χ2v) is 5.84. The van der Waals surface area contributed by atoms with E-state index in [9.17, 15) is 10.0 Å². The number of fused-ring (bicyclic) bond motifs is 1. The van der Waals surface area contributed by atoms with E-state index in [4.69, 9.17) is 9.51 Å². The summed E-state index contributed by atoms with van der Waals surface area (Å²) in [5.41, 5.74) is 3.59. The lowest BCUT2D eigenvalue weighted by molar-refractivity contribution is 0.393. The molecule has 1 aliphatic rings. The summed E-state index contributed by atoms with van der Waals surface area (Å²) in [7, 11) is -1.54. The van der Waals surface area contributed by atoms with Crippen molar-refractivity contribution in [3.8, 4) is 5.69 Å². The molecule has 1 fully saturated rings. The lowest BCUT2D eigenvalue weighted by Gasteiger charge is -2.08. The van der Waals surface area contributed by atoms with Gasteiger partial charge in [0.25, 0.3) is 0 Å². The first-order valence-corrected chi connectivity index (χ1v) is 7.38. The number of imidazole rings is 1. The van der Waals surface area contributed by atoms with Crippen molar-refractivity contribution in [3.63, 3.8) is 0 Å². The standard InChI is InChI=1S/C15H16BN3O3/c1-8-14(9(2)22-18-8)19-12-5-3-4-11(16(20)21)13(12)17-15(19)10-6-7-10/h3-5,10,20-21H,6-7H2,1-2H3. The topological polar surface area (TPSA) is 84.3 Å². The van der Waals surface area contributed by atoms with Crippen molar-refractivity contribution in [3.05, 3.63) is 35.5 Å². The molecule has 2 aromatic heterocycles. The molecule has 1 aromatic carbocycles. The zero-order valence-electron chi connectivity index (χ0n) is 12.4. The highest BCUT2D eigenvalue weighted by atomic mass is 16.5. The summed E-state index contributed by atoms with van der Waals surface area (Å²) in [4.78, 5) is 4.71. The first-order valence-electron chi connectivity index (χ1n) is 7.38. The van der Waals surface area contributed by atoms with Gasteiger partial charge in [0.15, 0.2) is 5.76 Å². The molecule has 0 spiro atoms. The molecule has 0 saturated heterocycles. The van der Waals surface area contributed by atoms with E-state index >= 15 is 0 Å². The van der Waals surface area contributed by atoms with Gasteiger partial charge in [0.05, 0.1) is 11.0 Å². The van der Waals surface area contributed by atoms with E-state index in [0.29, 0.717) is 16.9 Å². The third kappa shape index (κ3) is 1.89. The number of para-hydroxylation sites is 1. The summed E-state index contributed by atoms with van der Waals surface area (Å²) in [5, 5.41) is 23.2. The van der Waals surface area contributed by atoms with Crippen LogP contribution in [0.4, 0.5) is 0 Å². The van der Waals surface area contributed by atoms with Gasteiger partial charge in [-0.2, -0.15) is 0 Å². The molecule has 0 unspecified atom stereocenters. The summed E-state index contributed by atoms with van der Waals surface area (Å²) in [5.74, 6) is 2.08. The van der Waals surface area contributed by atoms with Gasteiger partial charge in [0.2, 0.25) is 0 Å². The van der Waals surface area contributed by atoms with Crippen LogP contribution in [0.1, 0.15) is 36.0 Å². The van der Waals surface area contributed by atoms with Gasteiger partial charge >= 0.3 is 7.12 Å². The Bertz CT molecular complexity index is 845. The molecule has 1 aliphatic carbocycles. The predicted octanol–water partition coefficient (Wildman–Crippen LogP) is 1.19. The second kappa shape index (κ2) is 4.69. The van der Waals surface area contributed by atoms with Crippen molar-refractivity contribution in [2.75, 3.05) is 0 Å². The molecule has 3 aromatic rings. The number of aromatic nitrogens is 3. The number of aryl methyl sites for hydroxylation is 2. The van der Waals surface area contributed by atoms with E-state index in [1.165, 1.54) is 0 Å². The Kier molecular flexibility index (Phi) is 2.89. The largest absolute Gasteiger partial charge is 0.490 e. The van der Waals surface area contributed by atoms with E-state index in [0.717, 1.165) is 41.3 Å². The Balaban J connectivity index is 2.08. The molecule has 0 aliphatic heterocycles. The maximum absolute atomic E-state index is 9.59. The van der Waals surface area contributed by atoms with E-state index < -0.39 is 7.12 Å². The minimum absolute atomic E-state index is 0.407. The van der Waals surface area contributed by atoms with Crippen LogP contribution in [0.25, 0.3) is 16.7 Å². The normalized spacial score (nSPS) is 14.7. The highest BCUT2D eigenvalue weighted by Gasteiger charge is 2.33. The Morgan fingerprint density at radius 2 is 2.05 bits per heavy atom. The van der Waals surface area contributed by atoms with Gasteiger partial charge in [-0.3, -0.25) is 4.57 Å². The third-order valence-corrected chi connectivity index (χ3v) is 4.18. The summed E-state index contributed by atoms with van der Waals surface area (Å²) in [6.07, 6.45) is 2.20. The maximum atomic E-state index is 9.59. The van der Waals surface area contributed by atoms with Crippen LogP contribution >= 0.6 is 0 Å². The van der Waals surface area contributed by atoms with Crippen molar-refractivity contribution in [1.82, 2.24) is 14.7 Å². The van der Waals surface area contributed by atoms with Gasteiger partial charge in [-0.25, -0.2) is 4.98 Å². The van der Waals surface area contributed by atoms with Gasteiger partial charge in [0.1, 0.15) is 17.2 Å². The van der Waals surface area contributed by atoms with Gasteiger partial charge in [0, 0.05) is 11.4 Å². The highest BCUT2D eigenvalue weighted by molar-refractivity contribution is 6.61. The van der Waals surface area contributed by atoms with Gasteiger partial charge < -0.3 is 14.6 Å². The monoisotopic (exact) mass is 297 g/mol. The smallest absolute Gasteiger partial charge is 0.423 e. The van der Waals surface area contributed by atoms with Crippen molar-refractivity contribution >= 4 is 23.6 Å². The van der Waals surface area contributed by atoms with Crippen LogP contribution in [-0.2, 0) is 0 Å². The van der Waals surface area contributed by atoms with Crippen molar-refractivity contribution in [1.29, 1.82) is 0 Å². The van der Waals surface area contributed by atoms with Crippen LogP contribution < -0.4 is 5.46 Å². The van der Waals surface area contributed by atoms with E-state index in [-0.39, 0.29) is 0 Å². The molecular weight excluding hydrogens is 281 g/mol. The molecule has 0 bridgehead atoms. The Labute approximate surface area is 127 Å². The Morgan fingerprint density at radius 1 is 1.27 bits per heavy atom. The highest BCUT2D eigenvalue weighted by Crippen LogP contribution is 2.42. The molecule has 4 rings (SSSR count). The second-order valence-electron chi connectivity index (χ2n) is 5.84. The summed E-state index contributed by atoms with van der Waals surface area (Å²) in [6.45, 7) is 3.78. The minimum atomic E-state index is -1.54. The molecule has 0 atom stereocenters. The molecule has 112 valence electrons. The quantitative estimate of drug-likeness (QED) is 0.709. The first-order chi connectivity index (χ1) is 10.6. The van der Waals surface area contributed by atoms with Crippen LogP contribution in [0, 0.1) is 13.8 Å². The number of hydrogen-bond donors (Lipinski definition) is 2. The molecule has 7 heteroatoms. The van der Waals surface area contributed by atoms with Gasteiger partial charge in [-0.15, -0.1) is 0 Å². The molecule has 22 heavy (non-hydrogen) atoms. The molecule has 2 heterocycles. The van der Waals surface area contributed by atoms with E-state index in [1.54, 1.807) is 6.07 Å². The first kappa shape index (κ1) is 13.5. The summed E-state index contributed by atoms with van der Waals surface area (Å²) in [6, 6.07) is 5.43. The number of hydrogen-bond acceptors (Lipinski definition) is 5. The maximum Gasteiger partial charge on any atom is 0.490 e. The van der Waals surface area contributed by atoms with Crippen LogP contribution in [-0.4, -0.2) is 31.9 Å². The number of benzene rings is 1. The van der Waals surface area contributed by atoms with Crippen molar-refractivity contribution in [2.45, 2.75) is 32.6 Å². The van der Waals surface area contributed by atoms with Crippen LogP contribution in [0.2, 0.25) is 0 Å². The fraction of sp³-hybridized carbons (Fsp3) is 0.333. The fourth-order valence-electron chi connectivity index (χ4n) is 3.00. The number of nitrogens with zero attached hydrogens (tertiary/aromatic N) is 3. The average molecular weight is 297 g/mol. The van der Waals surface area contributed by atoms with Gasteiger partial charge in [-0.1, -0.05) is 17.3 Å². The minimum Gasteiger partial charge on any atom is -0.423 e. The third-order valence-electron chi connectivity index (χ3n) is 4.18. The lowest BCUT2D eigenvalue weighted by Crippen LogP contribution is -2.30. The Hall–Kier alpha value is -2.12. The fourth-order valence-corrected chi connectivity index (χ4v) is 3.00. The Morgan fingerprint density at radius 3 is 2.64 bits per heavy atom. The van der Waals surface area contributed by atoms with Crippen molar-refractivity contribution in [2.24, 2.45) is 0 Å². The molecule has 0 radical (unpaired) electrons. The van der Waals surface area contributed by atoms with Crippen LogP contribution in [0.5, 0.6) is 0 Å². The summed E-state index contributed by atoms with van der Waals surface area (Å²) >= 11 is 0. The van der Waals surface area contributed by atoms with Gasteiger partial charge in [-0.05, 0) is 32.8 Å². The molecule has 0 amide bonds. The number of rotatable bonds is 3. The van der Waals surface area contributed by atoms with E-state index in [2.05, 4.69) is 9.72 Å². The predicted molar refractivity (Wildman–Crippen MR) is 82.4 cm³/mol. The SMILES string of the molecule is Cc1noc(C)c1-n1c(C2CC2)nc2c(B(O)O)cccc21. The lowest BCUT2D eigenvalue weighted by atomic mass is 9.79. The van der Waals surface area contributed by atoms with Crippen LogP contribution in [0.3, 0.4) is 0 Å².